The highest BCUT2D eigenvalue weighted by molar-refractivity contribution is 7.20. The Bertz CT molecular complexity index is 957. The highest BCUT2D eigenvalue weighted by atomic mass is 32.1. The Hall–Kier alpha value is -2.34. The molecule has 3 heterocycles. The molecule has 3 aromatic rings. The fraction of sp³-hybridized carbons (Fsp3) is 0.429. The van der Waals surface area contributed by atoms with Crippen LogP contribution in [0.5, 0.6) is 5.19 Å². The van der Waals surface area contributed by atoms with Crippen LogP contribution in [0.3, 0.4) is 0 Å². The molecule has 5 nitrogen and oxygen atoms in total. The lowest BCUT2D eigenvalue weighted by atomic mass is 10.1. The van der Waals surface area contributed by atoms with Crippen molar-refractivity contribution < 1.29 is 13.9 Å². The summed E-state index contributed by atoms with van der Waals surface area (Å²) in [6, 6.07) is 6.06. The second-order valence-corrected chi connectivity index (χ2v) is 8.25. The number of furan rings is 1. The van der Waals surface area contributed by atoms with E-state index in [4.69, 9.17) is 9.15 Å². The van der Waals surface area contributed by atoms with Gasteiger partial charge >= 0.3 is 0 Å². The Morgan fingerprint density at radius 1 is 1.19 bits per heavy atom. The molecule has 1 aromatic carbocycles. The van der Waals surface area contributed by atoms with Crippen LogP contribution in [-0.4, -0.2) is 35.0 Å². The third-order valence-electron chi connectivity index (χ3n) is 5.19. The highest BCUT2D eigenvalue weighted by Crippen LogP contribution is 2.33. The molecule has 142 valence electrons. The number of likely N-dealkylation sites (tertiary alicyclic amines) is 1. The van der Waals surface area contributed by atoms with Crippen LogP contribution in [0.2, 0.25) is 0 Å². The maximum Gasteiger partial charge on any atom is 0.274 e. The number of amides is 1. The van der Waals surface area contributed by atoms with Crippen molar-refractivity contribution in [2.75, 3.05) is 13.1 Å². The first-order valence-corrected chi connectivity index (χ1v) is 10.1. The normalized spacial score (nSPS) is 15.5. The van der Waals surface area contributed by atoms with Crippen molar-refractivity contribution in [2.24, 2.45) is 0 Å². The number of carbonyl (C=O) groups excluding carboxylic acids is 1. The molecule has 1 amide bonds. The van der Waals surface area contributed by atoms with E-state index < -0.39 is 0 Å². The molecule has 0 saturated carbocycles. The van der Waals surface area contributed by atoms with Crippen LogP contribution in [0.4, 0.5) is 0 Å². The Morgan fingerprint density at radius 3 is 2.52 bits per heavy atom. The summed E-state index contributed by atoms with van der Waals surface area (Å²) >= 11 is 1.61. The van der Waals surface area contributed by atoms with E-state index >= 15 is 0 Å². The molecule has 0 N–H and O–H groups in total. The summed E-state index contributed by atoms with van der Waals surface area (Å²) in [5.41, 5.74) is 4.11. The van der Waals surface area contributed by atoms with Gasteiger partial charge in [0.1, 0.15) is 17.6 Å². The number of nitrogens with zero attached hydrogens (tertiary/aromatic N) is 2. The molecular formula is C21H24N2O3S. The van der Waals surface area contributed by atoms with Crippen molar-refractivity contribution in [3.05, 3.63) is 46.4 Å². The molecule has 1 fully saturated rings. The van der Waals surface area contributed by atoms with Crippen LogP contribution in [0, 0.1) is 27.7 Å². The topological polar surface area (TPSA) is 55.6 Å². The molecule has 0 bridgehead atoms. The number of hydrogen-bond donors (Lipinski definition) is 0. The van der Waals surface area contributed by atoms with Crippen LogP contribution in [-0.2, 0) is 0 Å². The third-order valence-corrected chi connectivity index (χ3v) is 6.27. The van der Waals surface area contributed by atoms with Gasteiger partial charge in [-0.2, -0.15) is 0 Å². The van der Waals surface area contributed by atoms with Gasteiger partial charge in [0.15, 0.2) is 0 Å². The minimum absolute atomic E-state index is 0.0500. The molecule has 1 aliphatic rings. The zero-order chi connectivity index (χ0) is 19.1. The molecule has 4 rings (SSSR count). The van der Waals surface area contributed by atoms with Gasteiger partial charge < -0.3 is 14.1 Å². The first-order valence-electron chi connectivity index (χ1n) is 9.32. The monoisotopic (exact) mass is 384 g/mol. The first-order chi connectivity index (χ1) is 12.9. The number of benzene rings is 1. The van der Waals surface area contributed by atoms with Gasteiger partial charge in [0.05, 0.1) is 15.8 Å². The SMILES string of the molecule is Cc1cc(C(=O)N2CCC(Oc3nc4c(C)ccc(C)c4s3)CC2)c(C)o1. The molecule has 27 heavy (non-hydrogen) atoms. The van der Waals surface area contributed by atoms with E-state index in [9.17, 15) is 4.79 Å². The predicted octanol–water partition coefficient (Wildman–Crippen LogP) is 4.81. The molecule has 0 unspecified atom stereocenters. The Balaban J connectivity index is 1.41. The maximum atomic E-state index is 12.7. The third kappa shape index (κ3) is 3.46. The van der Waals surface area contributed by atoms with Crippen LogP contribution in [0.25, 0.3) is 10.2 Å². The van der Waals surface area contributed by atoms with Gasteiger partial charge in [-0.3, -0.25) is 4.79 Å². The largest absolute Gasteiger partial charge is 0.467 e. The maximum absolute atomic E-state index is 12.7. The van der Waals surface area contributed by atoms with E-state index in [1.54, 1.807) is 11.3 Å². The molecule has 6 heteroatoms. The number of piperidine rings is 1. The van der Waals surface area contributed by atoms with Crippen LogP contribution in [0.1, 0.15) is 45.8 Å². The van der Waals surface area contributed by atoms with E-state index in [1.807, 2.05) is 24.8 Å². The number of carbonyl (C=O) groups is 1. The number of aryl methyl sites for hydroxylation is 4. The molecule has 0 spiro atoms. The molecular weight excluding hydrogens is 360 g/mol. The van der Waals surface area contributed by atoms with Crippen LogP contribution < -0.4 is 4.74 Å². The fourth-order valence-corrected chi connectivity index (χ4v) is 4.65. The Labute approximate surface area is 163 Å². The van der Waals surface area contributed by atoms with E-state index in [1.165, 1.54) is 15.8 Å². The molecule has 0 radical (unpaired) electrons. The van der Waals surface area contributed by atoms with Gasteiger partial charge in [0.2, 0.25) is 0 Å². The summed E-state index contributed by atoms with van der Waals surface area (Å²) in [6.45, 7) is 9.27. The van der Waals surface area contributed by atoms with Crippen molar-refractivity contribution in [2.45, 2.75) is 46.6 Å². The lowest BCUT2D eigenvalue weighted by Crippen LogP contribution is -2.41. The Morgan fingerprint density at radius 2 is 1.89 bits per heavy atom. The molecule has 0 aliphatic carbocycles. The highest BCUT2D eigenvalue weighted by Gasteiger charge is 2.27. The number of thiazole rings is 1. The molecule has 2 aromatic heterocycles. The molecule has 0 atom stereocenters. The number of hydrogen-bond acceptors (Lipinski definition) is 5. The lowest BCUT2D eigenvalue weighted by molar-refractivity contribution is 0.0594. The van der Waals surface area contributed by atoms with Crippen LogP contribution >= 0.6 is 11.3 Å². The van der Waals surface area contributed by atoms with E-state index in [0.29, 0.717) is 24.4 Å². The average molecular weight is 385 g/mol. The lowest BCUT2D eigenvalue weighted by Gasteiger charge is -2.31. The predicted molar refractivity (Wildman–Crippen MR) is 107 cm³/mol. The van der Waals surface area contributed by atoms with Gasteiger partial charge in [-0.05, 0) is 44.9 Å². The van der Waals surface area contributed by atoms with Crippen molar-refractivity contribution in [3.63, 3.8) is 0 Å². The van der Waals surface area contributed by atoms with Gasteiger partial charge in [-0.15, -0.1) is 0 Å². The summed E-state index contributed by atoms with van der Waals surface area (Å²) in [5.74, 6) is 1.51. The van der Waals surface area contributed by atoms with Crippen molar-refractivity contribution in [1.29, 1.82) is 0 Å². The van der Waals surface area contributed by atoms with E-state index in [-0.39, 0.29) is 12.0 Å². The minimum atomic E-state index is 0.0500. The van der Waals surface area contributed by atoms with Crippen molar-refractivity contribution in [3.8, 4) is 5.19 Å². The number of aromatic nitrogens is 1. The molecule has 1 aliphatic heterocycles. The average Bonchev–Trinajstić information content (AvgIpc) is 3.22. The van der Waals surface area contributed by atoms with E-state index in [2.05, 4.69) is 31.0 Å². The van der Waals surface area contributed by atoms with Crippen LogP contribution in [0.15, 0.2) is 22.6 Å². The zero-order valence-corrected chi connectivity index (χ0v) is 17.0. The first kappa shape index (κ1) is 18.0. The van der Waals surface area contributed by atoms with Crippen molar-refractivity contribution >= 4 is 27.5 Å². The zero-order valence-electron chi connectivity index (χ0n) is 16.2. The number of ether oxygens (including phenoxy) is 1. The molecule has 1 saturated heterocycles. The summed E-state index contributed by atoms with van der Waals surface area (Å²) in [5, 5.41) is 0.730. The number of fused-ring (bicyclic) bond motifs is 1. The smallest absolute Gasteiger partial charge is 0.274 e. The minimum Gasteiger partial charge on any atom is -0.467 e. The summed E-state index contributed by atoms with van der Waals surface area (Å²) in [7, 11) is 0. The second-order valence-electron chi connectivity index (χ2n) is 7.29. The fourth-order valence-electron chi connectivity index (χ4n) is 3.62. The van der Waals surface area contributed by atoms with Crippen molar-refractivity contribution in [1.82, 2.24) is 9.88 Å². The van der Waals surface area contributed by atoms with Gasteiger partial charge in [-0.1, -0.05) is 23.5 Å². The second kappa shape index (κ2) is 7.00. The quantitative estimate of drug-likeness (QED) is 0.650. The standard InChI is InChI=1S/C21H24N2O3S/c1-12-5-6-13(2)19-18(12)22-21(27-19)26-16-7-9-23(10-8-16)20(24)17-11-14(3)25-15(17)4/h5-6,11,16H,7-10H2,1-4H3. The summed E-state index contributed by atoms with van der Waals surface area (Å²) in [6.07, 6.45) is 1.73. The van der Waals surface area contributed by atoms with Gasteiger partial charge in [0, 0.05) is 25.9 Å². The Kier molecular flexibility index (Phi) is 4.68. The summed E-state index contributed by atoms with van der Waals surface area (Å²) in [4.78, 5) is 19.3. The van der Waals surface area contributed by atoms with Gasteiger partial charge in [-0.25, -0.2) is 4.98 Å². The van der Waals surface area contributed by atoms with Gasteiger partial charge in [0.25, 0.3) is 11.1 Å². The number of rotatable bonds is 3. The van der Waals surface area contributed by atoms with E-state index in [0.717, 1.165) is 29.3 Å². The summed E-state index contributed by atoms with van der Waals surface area (Å²) < 4.78 is 12.9.